The van der Waals surface area contributed by atoms with E-state index in [-0.39, 0.29) is 12.3 Å². The van der Waals surface area contributed by atoms with Gasteiger partial charge in [-0.1, -0.05) is 6.92 Å². The van der Waals surface area contributed by atoms with Crippen LogP contribution in [0.4, 0.5) is 8.78 Å². The average molecular weight is 146 g/mol. The number of rotatable bonds is 0. The first kappa shape index (κ1) is 6.56. The minimum absolute atomic E-state index is 0.166. The van der Waals surface area contributed by atoms with Gasteiger partial charge in [0, 0.05) is 12.3 Å². The molecule has 0 spiro atoms. The highest BCUT2D eigenvalue weighted by molar-refractivity contribution is 4.98. The maximum atomic E-state index is 12.8. The fourth-order valence-electron chi connectivity index (χ4n) is 2.48. The lowest BCUT2D eigenvalue weighted by molar-refractivity contribution is -0.0594. The second kappa shape index (κ2) is 1.72. The molecule has 2 fully saturated rings. The normalized spacial score (nSPS) is 50.1. The summed E-state index contributed by atoms with van der Waals surface area (Å²) in [4.78, 5) is 0. The zero-order valence-corrected chi connectivity index (χ0v) is 6.11. The molecule has 0 aliphatic heterocycles. The predicted octanol–water partition coefficient (Wildman–Crippen LogP) is 2.69. The van der Waals surface area contributed by atoms with Crippen molar-refractivity contribution in [3.05, 3.63) is 0 Å². The van der Waals surface area contributed by atoms with Crippen LogP contribution < -0.4 is 0 Å². The quantitative estimate of drug-likeness (QED) is 0.493. The summed E-state index contributed by atoms with van der Waals surface area (Å²) < 4.78 is 25.6. The Morgan fingerprint density at radius 2 is 2.00 bits per heavy atom. The van der Waals surface area contributed by atoms with Crippen LogP contribution in [-0.4, -0.2) is 5.92 Å². The van der Waals surface area contributed by atoms with E-state index >= 15 is 0 Å². The molecule has 2 bridgehead atoms. The van der Waals surface area contributed by atoms with Gasteiger partial charge in [0.2, 0.25) is 0 Å². The molecule has 3 atom stereocenters. The maximum Gasteiger partial charge on any atom is 0.251 e. The zero-order valence-electron chi connectivity index (χ0n) is 6.11. The summed E-state index contributed by atoms with van der Waals surface area (Å²) in [5.41, 5.74) is 0. The molecule has 2 heteroatoms. The van der Waals surface area contributed by atoms with E-state index in [0.717, 1.165) is 12.8 Å². The first-order valence-corrected chi connectivity index (χ1v) is 3.97. The first-order valence-electron chi connectivity index (χ1n) is 3.97. The summed E-state index contributed by atoms with van der Waals surface area (Å²) in [6.07, 6.45) is 1.71. The van der Waals surface area contributed by atoms with Gasteiger partial charge >= 0.3 is 0 Å². The van der Waals surface area contributed by atoms with Crippen LogP contribution in [0, 0.1) is 17.8 Å². The molecule has 10 heavy (non-hydrogen) atoms. The van der Waals surface area contributed by atoms with E-state index in [1.807, 2.05) is 0 Å². The number of halogens is 2. The molecule has 0 radical (unpaired) electrons. The smallest absolute Gasteiger partial charge is 0.207 e. The highest BCUT2D eigenvalue weighted by atomic mass is 19.3. The van der Waals surface area contributed by atoms with Crippen LogP contribution in [0.15, 0.2) is 0 Å². The summed E-state index contributed by atoms with van der Waals surface area (Å²) in [6, 6.07) is 0. The Labute approximate surface area is 59.6 Å². The lowest BCUT2D eigenvalue weighted by Crippen LogP contribution is -2.26. The topological polar surface area (TPSA) is 0 Å². The van der Waals surface area contributed by atoms with Crippen molar-refractivity contribution in [1.82, 2.24) is 0 Å². The SMILES string of the molecule is C[C@H]1C[C@@H]2C[C@H]1CC2(F)F. The summed E-state index contributed by atoms with van der Waals surface area (Å²) >= 11 is 0. The largest absolute Gasteiger partial charge is 0.251 e. The van der Waals surface area contributed by atoms with Gasteiger partial charge in [0.05, 0.1) is 0 Å². The number of fused-ring (bicyclic) bond motifs is 2. The van der Waals surface area contributed by atoms with Gasteiger partial charge in [0.1, 0.15) is 0 Å². The van der Waals surface area contributed by atoms with E-state index in [2.05, 4.69) is 6.92 Å². The lowest BCUT2D eigenvalue weighted by atomic mass is 9.88. The van der Waals surface area contributed by atoms with E-state index in [1.54, 1.807) is 0 Å². The van der Waals surface area contributed by atoms with Crippen LogP contribution in [0.2, 0.25) is 0 Å². The Balaban J connectivity index is 2.16. The van der Waals surface area contributed by atoms with Crippen LogP contribution in [0.1, 0.15) is 26.2 Å². The van der Waals surface area contributed by atoms with Gasteiger partial charge in [0.25, 0.3) is 5.92 Å². The van der Waals surface area contributed by atoms with Gasteiger partial charge in [-0.15, -0.1) is 0 Å². The predicted molar refractivity (Wildman–Crippen MR) is 34.9 cm³/mol. The monoisotopic (exact) mass is 146 g/mol. The maximum absolute atomic E-state index is 12.8. The molecule has 2 aliphatic carbocycles. The van der Waals surface area contributed by atoms with Crippen molar-refractivity contribution in [2.75, 3.05) is 0 Å². The van der Waals surface area contributed by atoms with Crippen LogP contribution >= 0.6 is 0 Å². The van der Waals surface area contributed by atoms with Crippen molar-refractivity contribution in [2.24, 2.45) is 17.8 Å². The van der Waals surface area contributed by atoms with Gasteiger partial charge in [-0.3, -0.25) is 0 Å². The molecular weight excluding hydrogens is 134 g/mol. The van der Waals surface area contributed by atoms with Crippen LogP contribution in [-0.2, 0) is 0 Å². The Bertz CT molecular complexity index is 151. The first-order chi connectivity index (χ1) is 4.59. The Kier molecular flexibility index (Phi) is 1.13. The molecule has 0 N–H and O–H groups in total. The van der Waals surface area contributed by atoms with Gasteiger partial charge in [-0.25, -0.2) is 8.78 Å². The van der Waals surface area contributed by atoms with E-state index in [4.69, 9.17) is 0 Å². The van der Waals surface area contributed by atoms with Crippen LogP contribution in [0.25, 0.3) is 0 Å². The fourth-order valence-corrected chi connectivity index (χ4v) is 2.48. The number of hydrogen-bond acceptors (Lipinski definition) is 0. The van der Waals surface area contributed by atoms with Gasteiger partial charge < -0.3 is 0 Å². The van der Waals surface area contributed by atoms with Gasteiger partial charge in [-0.2, -0.15) is 0 Å². The van der Waals surface area contributed by atoms with E-state index in [1.165, 1.54) is 0 Å². The minimum atomic E-state index is -2.31. The minimum Gasteiger partial charge on any atom is -0.207 e. The summed E-state index contributed by atoms with van der Waals surface area (Å²) in [5.74, 6) is -1.69. The van der Waals surface area contributed by atoms with E-state index in [9.17, 15) is 8.78 Å². The van der Waals surface area contributed by atoms with Crippen molar-refractivity contribution in [3.8, 4) is 0 Å². The third kappa shape index (κ3) is 0.708. The van der Waals surface area contributed by atoms with E-state index in [0.29, 0.717) is 11.8 Å². The van der Waals surface area contributed by atoms with E-state index < -0.39 is 5.92 Å². The number of alkyl halides is 2. The van der Waals surface area contributed by atoms with Crippen molar-refractivity contribution in [2.45, 2.75) is 32.1 Å². The van der Waals surface area contributed by atoms with Crippen LogP contribution in [0.3, 0.4) is 0 Å². The molecule has 58 valence electrons. The Morgan fingerprint density at radius 3 is 2.30 bits per heavy atom. The second-order valence-electron chi connectivity index (χ2n) is 3.87. The lowest BCUT2D eigenvalue weighted by Gasteiger charge is -2.24. The molecule has 2 aliphatic rings. The molecule has 2 rings (SSSR count). The second-order valence-corrected chi connectivity index (χ2v) is 3.87. The number of hydrogen-bond donors (Lipinski definition) is 0. The molecule has 0 amide bonds. The Hall–Kier alpha value is -0.140. The molecule has 0 saturated heterocycles. The highest BCUT2D eigenvalue weighted by Crippen LogP contribution is 2.55. The van der Waals surface area contributed by atoms with Gasteiger partial charge in [0.15, 0.2) is 0 Å². The Morgan fingerprint density at radius 1 is 1.30 bits per heavy atom. The fraction of sp³-hybridized carbons (Fsp3) is 1.00. The highest BCUT2D eigenvalue weighted by Gasteiger charge is 2.55. The molecule has 0 aromatic carbocycles. The molecule has 0 aromatic heterocycles. The molecular formula is C8H12F2. The van der Waals surface area contributed by atoms with Crippen molar-refractivity contribution in [3.63, 3.8) is 0 Å². The standard InChI is InChI=1S/C8H12F2/c1-5-2-7-3-6(5)4-8(7,9)10/h5-7H,2-4H2,1H3/t5-,6-,7+/m0/s1. The van der Waals surface area contributed by atoms with Crippen LogP contribution in [0.5, 0.6) is 0 Å². The molecule has 0 nitrogen and oxygen atoms in total. The van der Waals surface area contributed by atoms with Crippen molar-refractivity contribution in [1.29, 1.82) is 0 Å². The summed E-state index contributed by atoms with van der Waals surface area (Å²) in [5, 5.41) is 0. The van der Waals surface area contributed by atoms with Crippen molar-refractivity contribution >= 4 is 0 Å². The van der Waals surface area contributed by atoms with Crippen molar-refractivity contribution < 1.29 is 8.78 Å². The third-order valence-electron chi connectivity index (χ3n) is 3.18. The summed E-state index contributed by atoms with van der Waals surface area (Å²) in [6.45, 7) is 2.10. The summed E-state index contributed by atoms with van der Waals surface area (Å²) in [7, 11) is 0. The average Bonchev–Trinajstić information content (AvgIpc) is 2.21. The molecule has 0 aromatic rings. The third-order valence-corrected chi connectivity index (χ3v) is 3.18. The molecule has 0 unspecified atom stereocenters. The van der Waals surface area contributed by atoms with Gasteiger partial charge in [-0.05, 0) is 24.7 Å². The molecule has 0 heterocycles. The zero-order chi connectivity index (χ0) is 7.35. The molecule has 2 saturated carbocycles.